The lowest BCUT2D eigenvalue weighted by Crippen LogP contribution is -2.21. The summed E-state index contributed by atoms with van der Waals surface area (Å²) in [6.07, 6.45) is 0. The van der Waals surface area contributed by atoms with Crippen LogP contribution in [0.3, 0.4) is 0 Å². The maximum atomic E-state index is 12.7. The van der Waals surface area contributed by atoms with Crippen LogP contribution in [0.1, 0.15) is 0 Å². The van der Waals surface area contributed by atoms with Crippen molar-refractivity contribution in [1.29, 1.82) is 0 Å². The molecule has 0 radical (unpaired) electrons. The van der Waals surface area contributed by atoms with Crippen molar-refractivity contribution >= 4 is 38.0 Å². The smallest absolute Gasteiger partial charge is 0.264 e. The minimum Gasteiger partial charge on any atom is -0.385 e. The molecular formula is C17H12N2OS. The van der Waals surface area contributed by atoms with E-state index in [0.717, 1.165) is 16.5 Å². The third kappa shape index (κ3) is 1.84. The summed E-state index contributed by atoms with van der Waals surface area (Å²) in [6, 6.07) is 17.4. The first-order valence-electron chi connectivity index (χ1n) is 6.62. The number of benzene rings is 2. The molecule has 102 valence electrons. The van der Waals surface area contributed by atoms with E-state index in [1.54, 1.807) is 15.9 Å². The van der Waals surface area contributed by atoms with E-state index >= 15 is 0 Å². The number of thiophene rings is 1. The summed E-state index contributed by atoms with van der Waals surface area (Å²) < 4.78 is 2.77. The van der Waals surface area contributed by atoms with Crippen molar-refractivity contribution in [3.05, 3.63) is 70.3 Å². The molecule has 0 fully saturated rings. The van der Waals surface area contributed by atoms with Crippen LogP contribution in [0.25, 0.3) is 26.5 Å². The minimum atomic E-state index is -0.0832. The van der Waals surface area contributed by atoms with Gasteiger partial charge in [0, 0.05) is 10.1 Å². The van der Waals surface area contributed by atoms with Gasteiger partial charge >= 0.3 is 0 Å². The van der Waals surface area contributed by atoms with Gasteiger partial charge in [0.1, 0.15) is 5.82 Å². The molecule has 21 heavy (non-hydrogen) atoms. The van der Waals surface area contributed by atoms with E-state index in [1.807, 2.05) is 60.0 Å². The monoisotopic (exact) mass is 292 g/mol. The molecule has 0 aliphatic carbocycles. The number of hydrogen-bond donors (Lipinski definition) is 1. The molecular weight excluding hydrogens is 280 g/mol. The average molecular weight is 292 g/mol. The first kappa shape index (κ1) is 12.2. The molecule has 0 amide bonds. The molecule has 0 saturated heterocycles. The normalized spacial score (nSPS) is 11.2. The Labute approximate surface area is 124 Å². The molecule has 2 aromatic carbocycles. The molecule has 0 atom stereocenters. The summed E-state index contributed by atoms with van der Waals surface area (Å²) >= 11 is 1.68. The van der Waals surface area contributed by atoms with Crippen LogP contribution < -0.4 is 11.3 Å². The number of aromatic nitrogens is 1. The zero-order valence-corrected chi connectivity index (χ0v) is 11.9. The summed E-state index contributed by atoms with van der Waals surface area (Å²) in [5, 5.41) is 4.71. The molecule has 0 aliphatic rings. The Morgan fingerprint density at radius 3 is 2.71 bits per heavy atom. The van der Waals surface area contributed by atoms with Crippen LogP contribution in [0, 0.1) is 0 Å². The van der Waals surface area contributed by atoms with E-state index in [1.165, 1.54) is 4.70 Å². The van der Waals surface area contributed by atoms with Gasteiger partial charge in [-0.15, -0.1) is 11.3 Å². The summed E-state index contributed by atoms with van der Waals surface area (Å²) in [4.78, 5) is 12.7. The topological polar surface area (TPSA) is 48.0 Å². The van der Waals surface area contributed by atoms with Crippen LogP contribution >= 0.6 is 11.3 Å². The molecule has 0 unspecified atom stereocenters. The zero-order valence-electron chi connectivity index (χ0n) is 11.1. The number of pyridine rings is 1. The standard InChI is InChI=1S/C17H12N2OS/c18-16-10-11-3-1-2-4-14(11)17(20)19(16)13-5-6-15-12(9-13)7-8-21-15/h1-10H,18H2. The van der Waals surface area contributed by atoms with Crippen LogP contribution in [0.2, 0.25) is 0 Å². The van der Waals surface area contributed by atoms with Crippen LogP contribution in [-0.2, 0) is 0 Å². The van der Waals surface area contributed by atoms with Gasteiger partial charge in [-0.2, -0.15) is 0 Å². The fourth-order valence-corrected chi connectivity index (χ4v) is 3.41. The molecule has 2 aromatic heterocycles. The van der Waals surface area contributed by atoms with Gasteiger partial charge in [0.05, 0.1) is 5.69 Å². The van der Waals surface area contributed by atoms with E-state index in [0.29, 0.717) is 11.2 Å². The molecule has 0 aliphatic heterocycles. The van der Waals surface area contributed by atoms with Gasteiger partial charge in [-0.25, -0.2) is 0 Å². The van der Waals surface area contributed by atoms with Crippen LogP contribution in [-0.4, -0.2) is 4.57 Å². The lowest BCUT2D eigenvalue weighted by Gasteiger charge is -2.11. The number of rotatable bonds is 1. The van der Waals surface area contributed by atoms with Crippen molar-refractivity contribution < 1.29 is 0 Å². The molecule has 0 spiro atoms. The Morgan fingerprint density at radius 2 is 1.81 bits per heavy atom. The summed E-state index contributed by atoms with van der Waals surface area (Å²) in [5.41, 5.74) is 6.82. The Balaban J connectivity index is 2.07. The number of fused-ring (bicyclic) bond motifs is 2. The maximum absolute atomic E-state index is 12.7. The second-order valence-electron chi connectivity index (χ2n) is 4.94. The van der Waals surface area contributed by atoms with Crippen molar-refractivity contribution in [2.45, 2.75) is 0 Å². The molecule has 0 saturated carbocycles. The first-order valence-corrected chi connectivity index (χ1v) is 7.50. The molecule has 4 heteroatoms. The predicted octanol–water partition coefficient (Wildman–Crippen LogP) is 3.79. The van der Waals surface area contributed by atoms with Crippen molar-refractivity contribution in [2.24, 2.45) is 0 Å². The van der Waals surface area contributed by atoms with Gasteiger partial charge in [0.25, 0.3) is 5.56 Å². The van der Waals surface area contributed by atoms with Crippen LogP contribution in [0.15, 0.2) is 64.8 Å². The molecule has 4 rings (SSSR count). The summed E-state index contributed by atoms with van der Waals surface area (Å²) in [7, 11) is 0. The number of nitrogens with two attached hydrogens (primary N) is 1. The highest BCUT2D eigenvalue weighted by Crippen LogP contribution is 2.24. The highest BCUT2D eigenvalue weighted by atomic mass is 32.1. The van der Waals surface area contributed by atoms with Gasteiger partial charge in [-0.1, -0.05) is 18.2 Å². The van der Waals surface area contributed by atoms with Crippen molar-refractivity contribution in [2.75, 3.05) is 5.73 Å². The second kappa shape index (κ2) is 4.46. The number of hydrogen-bond acceptors (Lipinski definition) is 3. The Kier molecular flexibility index (Phi) is 2.59. The van der Waals surface area contributed by atoms with Gasteiger partial charge in [0.2, 0.25) is 0 Å². The van der Waals surface area contributed by atoms with E-state index in [4.69, 9.17) is 5.73 Å². The fraction of sp³-hybridized carbons (Fsp3) is 0. The lowest BCUT2D eigenvalue weighted by atomic mass is 10.1. The first-order chi connectivity index (χ1) is 10.2. The number of anilines is 1. The third-order valence-corrected chi connectivity index (χ3v) is 4.55. The molecule has 0 bridgehead atoms. The average Bonchev–Trinajstić information content (AvgIpc) is 2.95. The molecule has 3 nitrogen and oxygen atoms in total. The quantitative estimate of drug-likeness (QED) is 0.580. The molecule has 2 N–H and O–H groups in total. The largest absolute Gasteiger partial charge is 0.385 e. The van der Waals surface area contributed by atoms with E-state index in [2.05, 4.69) is 0 Å². The summed E-state index contributed by atoms with van der Waals surface area (Å²) in [5.74, 6) is 0.452. The van der Waals surface area contributed by atoms with E-state index in [9.17, 15) is 4.79 Å². The summed E-state index contributed by atoms with van der Waals surface area (Å²) in [6.45, 7) is 0. The maximum Gasteiger partial charge on any atom is 0.264 e. The molecule has 2 heterocycles. The van der Waals surface area contributed by atoms with Gasteiger partial charge in [-0.05, 0) is 52.6 Å². The predicted molar refractivity (Wildman–Crippen MR) is 89.3 cm³/mol. The zero-order chi connectivity index (χ0) is 14.4. The second-order valence-corrected chi connectivity index (χ2v) is 5.89. The van der Waals surface area contributed by atoms with Crippen molar-refractivity contribution in [3.8, 4) is 5.69 Å². The van der Waals surface area contributed by atoms with Gasteiger partial charge in [-0.3, -0.25) is 9.36 Å². The Bertz CT molecular complexity index is 1030. The van der Waals surface area contributed by atoms with Crippen molar-refractivity contribution in [3.63, 3.8) is 0 Å². The van der Waals surface area contributed by atoms with Gasteiger partial charge in [0.15, 0.2) is 0 Å². The van der Waals surface area contributed by atoms with Crippen LogP contribution in [0.4, 0.5) is 5.82 Å². The fourth-order valence-electron chi connectivity index (χ4n) is 2.64. The third-order valence-electron chi connectivity index (χ3n) is 3.65. The minimum absolute atomic E-state index is 0.0832. The molecule has 4 aromatic rings. The van der Waals surface area contributed by atoms with Gasteiger partial charge < -0.3 is 5.73 Å². The Hall–Kier alpha value is -2.59. The van der Waals surface area contributed by atoms with Crippen molar-refractivity contribution in [1.82, 2.24) is 4.57 Å². The number of nitrogen functional groups attached to an aromatic ring is 1. The van der Waals surface area contributed by atoms with E-state index < -0.39 is 0 Å². The van der Waals surface area contributed by atoms with E-state index in [-0.39, 0.29) is 5.56 Å². The SMILES string of the molecule is Nc1cc2ccccc2c(=O)n1-c1ccc2sccc2c1. The number of nitrogens with zero attached hydrogens (tertiary/aromatic N) is 1. The van der Waals surface area contributed by atoms with Crippen LogP contribution in [0.5, 0.6) is 0 Å². The lowest BCUT2D eigenvalue weighted by molar-refractivity contribution is 1.03. The highest BCUT2D eigenvalue weighted by Gasteiger charge is 2.09. The Morgan fingerprint density at radius 1 is 0.952 bits per heavy atom. The highest BCUT2D eigenvalue weighted by molar-refractivity contribution is 7.17.